The number of alkyl halides is 3. The molecule has 1 heterocycles. The largest absolute Gasteiger partial charge is 0.396 e. The Morgan fingerprint density at radius 2 is 2.12 bits per heavy atom. The third-order valence-corrected chi connectivity index (χ3v) is 2.46. The molecule has 1 aromatic rings. The van der Waals surface area contributed by atoms with Crippen LogP contribution in [0.2, 0.25) is 0 Å². The van der Waals surface area contributed by atoms with Gasteiger partial charge in [0.1, 0.15) is 0 Å². The molecule has 0 aliphatic carbocycles. The average Bonchev–Trinajstić information content (AvgIpc) is 2.08. The molecule has 1 atom stereocenters. The summed E-state index contributed by atoms with van der Waals surface area (Å²) in [4.78, 5) is 3.79. The number of aromatic nitrogens is 1. The van der Waals surface area contributed by atoms with Crippen LogP contribution in [0.3, 0.4) is 0 Å². The maximum atomic E-state index is 12.1. The van der Waals surface area contributed by atoms with E-state index in [1.165, 1.54) is 19.3 Å². The van der Waals surface area contributed by atoms with Crippen LogP contribution in [0.4, 0.5) is 24.5 Å². The summed E-state index contributed by atoms with van der Waals surface area (Å²) in [5.74, 6) is 0. The summed E-state index contributed by atoms with van der Waals surface area (Å²) in [7, 11) is 0. The van der Waals surface area contributed by atoms with Gasteiger partial charge in [-0.15, -0.1) is 0 Å². The van der Waals surface area contributed by atoms with Gasteiger partial charge in [-0.1, -0.05) is 0 Å². The number of halogens is 4. The normalized spacial score (nSPS) is 13.6. The van der Waals surface area contributed by atoms with Gasteiger partial charge in [0, 0.05) is 12.2 Å². The number of nitrogens with one attached hydrogen (secondary N) is 1. The Balaban J connectivity index is 2.73. The molecule has 3 N–H and O–H groups in total. The van der Waals surface area contributed by atoms with Crippen LogP contribution in [0, 0.1) is 0 Å². The highest BCUT2D eigenvalue weighted by Gasteiger charge is 2.30. The Bertz CT molecular complexity index is 347. The van der Waals surface area contributed by atoms with E-state index in [1.807, 2.05) is 0 Å². The number of nitrogen functional groups attached to an aromatic ring is 1. The number of nitrogens with zero attached hydrogens (tertiary/aromatic N) is 1. The second-order valence-electron chi connectivity index (χ2n) is 3.45. The van der Waals surface area contributed by atoms with Crippen molar-refractivity contribution in [2.75, 3.05) is 11.1 Å². The molecule has 3 nitrogen and oxygen atoms in total. The van der Waals surface area contributed by atoms with Crippen LogP contribution in [-0.4, -0.2) is 17.2 Å². The fraction of sp³-hybridized carbons (Fsp3) is 0.444. The molecule has 0 saturated carbocycles. The van der Waals surface area contributed by atoms with Crippen molar-refractivity contribution in [1.82, 2.24) is 4.98 Å². The van der Waals surface area contributed by atoms with E-state index in [0.717, 1.165) is 0 Å². The SMILES string of the molecule is CC(CC(F)(F)F)Nc1c(N)cncc1Br. The Hall–Kier alpha value is -0.980. The lowest BCUT2D eigenvalue weighted by Crippen LogP contribution is -2.24. The zero-order valence-corrected chi connectivity index (χ0v) is 10.1. The number of hydrogen-bond acceptors (Lipinski definition) is 3. The van der Waals surface area contributed by atoms with Gasteiger partial charge in [-0.25, -0.2) is 0 Å². The highest BCUT2D eigenvalue weighted by molar-refractivity contribution is 9.10. The maximum Gasteiger partial charge on any atom is 0.391 e. The quantitative estimate of drug-likeness (QED) is 0.901. The molecule has 0 aliphatic heterocycles. The van der Waals surface area contributed by atoms with E-state index in [4.69, 9.17) is 5.73 Å². The van der Waals surface area contributed by atoms with E-state index < -0.39 is 18.6 Å². The van der Waals surface area contributed by atoms with Crippen LogP contribution >= 0.6 is 15.9 Å². The summed E-state index contributed by atoms with van der Waals surface area (Å²) < 4.78 is 36.9. The van der Waals surface area contributed by atoms with Gasteiger partial charge < -0.3 is 11.1 Å². The highest BCUT2D eigenvalue weighted by Crippen LogP contribution is 2.30. The number of nitrogens with two attached hydrogens (primary N) is 1. The Morgan fingerprint density at radius 1 is 1.50 bits per heavy atom. The van der Waals surface area contributed by atoms with E-state index in [-0.39, 0.29) is 0 Å². The lowest BCUT2D eigenvalue weighted by molar-refractivity contribution is -0.136. The molecule has 7 heteroatoms. The third kappa shape index (κ3) is 3.88. The van der Waals surface area contributed by atoms with Gasteiger partial charge in [0.25, 0.3) is 0 Å². The summed E-state index contributed by atoms with van der Waals surface area (Å²) >= 11 is 3.17. The van der Waals surface area contributed by atoms with E-state index in [2.05, 4.69) is 26.2 Å². The minimum absolute atomic E-state index is 0.309. The molecule has 0 spiro atoms. The van der Waals surface area contributed by atoms with Crippen LogP contribution in [0.25, 0.3) is 0 Å². The molecular formula is C9H11BrF3N3. The van der Waals surface area contributed by atoms with E-state index in [9.17, 15) is 13.2 Å². The summed E-state index contributed by atoms with van der Waals surface area (Å²) in [6.45, 7) is 1.44. The van der Waals surface area contributed by atoms with Crippen molar-refractivity contribution < 1.29 is 13.2 Å². The molecule has 0 aromatic carbocycles. The molecule has 16 heavy (non-hydrogen) atoms. The van der Waals surface area contributed by atoms with Crippen LogP contribution < -0.4 is 11.1 Å². The van der Waals surface area contributed by atoms with Crippen LogP contribution in [0.5, 0.6) is 0 Å². The summed E-state index contributed by atoms with van der Waals surface area (Å²) in [5, 5.41) is 2.70. The average molecular weight is 298 g/mol. The second-order valence-corrected chi connectivity index (χ2v) is 4.30. The standard InChI is InChI=1S/C9H11BrF3N3/c1-5(2-9(11,12)13)16-8-6(10)3-15-4-7(8)14/h3-5H,2,14H2,1H3,(H,15,16). The highest BCUT2D eigenvalue weighted by atomic mass is 79.9. The Morgan fingerprint density at radius 3 is 2.62 bits per heavy atom. The zero-order valence-electron chi connectivity index (χ0n) is 8.48. The molecule has 1 rings (SSSR count). The number of rotatable bonds is 3. The van der Waals surface area contributed by atoms with Crippen molar-refractivity contribution in [1.29, 1.82) is 0 Å². The molecule has 0 saturated heterocycles. The molecule has 0 amide bonds. The van der Waals surface area contributed by atoms with Crippen molar-refractivity contribution in [3.05, 3.63) is 16.9 Å². The smallest absolute Gasteiger partial charge is 0.391 e. The molecule has 0 aliphatic rings. The van der Waals surface area contributed by atoms with Gasteiger partial charge in [-0.05, 0) is 22.9 Å². The van der Waals surface area contributed by atoms with Crippen molar-refractivity contribution in [2.24, 2.45) is 0 Å². The first-order valence-corrected chi connectivity index (χ1v) is 5.31. The summed E-state index contributed by atoms with van der Waals surface area (Å²) in [5.41, 5.74) is 6.34. The maximum absolute atomic E-state index is 12.1. The van der Waals surface area contributed by atoms with Crippen LogP contribution in [0.1, 0.15) is 13.3 Å². The monoisotopic (exact) mass is 297 g/mol. The first-order valence-electron chi connectivity index (χ1n) is 4.52. The molecule has 0 fully saturated rings. The third-order valence-electron chi connectivity index (χ3n) is 1.86. The predicted molar refractivity (Wildman–Crippen MR) is 60.1 cm³/mol. The van der Waals surface area contributed by atoms with Crippen molar-refractivity contribution in [2.45, 2.75) is 25.6 Å². The predicted octanol–water partition coefficient (Wildman–Crippen LogP) is 3.18. The summed E-state index contributed by atoms with van der Waals surface area (Å²) in [6.07, 6.45) is -2.26. The zero-order chi connectivity index (χ0) is 12.3. The molecular weight excluding hydrogens is 287 g/mol. The number of hydrogen-bond donors (Lipinski definition) is 2. The number of pyridine rings is 1. The fourth-order valence-electron chi connectivity index (χ4n) is 1.25. The molecule has 1 unspecified atom stereocenters. The van der Waals surface area contributed by atoms with Gasteiger partial charge >= 0.3 is 6.18 Å². The lowest BCUT2D eigenvalue weighted by atomic mass is 10.2. The van der Waals surface area contributed by atoms with Gasteiger partial charge in [-0.2, -0.15) is 13.2 Å². The van der Waals surface area contributed by atoms with Crippen molar-refractivity contribution in [3.63, 3.8) is 0 Å². The van der Waals surface area contributed by atoms with Crippen LogP contribution in [0.15, 0.2) is 16.9 Å². The van der Waals surface area contributed by atoms with Gasteiger partial charge in [-0.3, -0.25) is 4.98 Å². The van der Waals surface area contributed by atoms with Gasteiger partial charge in [0.15, 0.2) is 0 Å². The first-order chi connectivity index (χ1) is 7.29. The molecule has 1 aromatic heterocycles. The lowest BCUT2D eigenvalue weighted by Gasteiger charge is -2.18. The molecule has 0 radical (unpaired) electrons. The van der Waals surface area contributed by atoms with Crippen LogP contribution in [-0.2, 0) is 0 Å². The topological polar surface area (TPSA) is 50.9 Å². The Kier molecular flexibility index (Phi) is 4.01. The van der Waals surface area contributed by atoms with E-state index >= 15 is 0 Å². The van der Waals surface area contributed by atoms with E-state index in [0.29, 0.717) is 15.8 Å². The Labute approximate surface area is 99.4 Å². The van der Waals surface area contributed by atoms with Crippen molar-refractivity contribution in [3.8, 4) is 0 Å². The van der Waals surface area contributed by atoms with Crippen molar-refractivity contribution >= 4 is 27.3 Å². The first kappa shape index (κ1) is 13.1. The number of anilines is 2. The fourth-order valence-corrected chi connectivity index (χ4v) is 1.71. The van der Waals surface area contributed by atoms with Gasteiger partial charge in [0.05, 0.1) is 28.5 Å². The van der Waals surface area contributed by atoms with Gasteiger partial charge in [0.2, 0.25) is 0 Å². The second kappa shape index (κ2) is 4.90. The van der Waals surface area contributed by atoms with E-state index in [1.54, 1.807) is 0 Å². The molecule has 0 bridgehead atoms. The summed E-state index contributed by atoms with van der Waals surface area (Å²) in [6, 6.07) is -0.749. The molecule has 90 valence electrons. The minimum atomic E-state index is -4.19. The minimum Gasteiger partial charge on any atom is -0.396 e.